The van der Waals surface area contributed by atoms with Crippen LogP contribution in [-0.2, 0) is 9.53 Å². The molecule has 0 aliphatic carbocycles. The minimum Gasteiger partial charge on any atom is -0.468 e. The number of carbonyl (C=O) groups is 1. The van der Waals surface area contributed by atoms with Crippen LogP contribution in [0.5, 0.6) is 0 Å². The van der Waals surface area contributed by atoms with Crippen LogP contribution in [0, 0.1) is 0 Å². The third-order valence-corrected chi connectivity index (χ3v) is 4.05. The lowest BCUT2D eigenvalue weighted by Gasteiger charge is -2.41. The predicted molar refractivity (Wildman–Crippen MR) is 65.6 cm³/mol. The van der Waals surface area contributed by atoms with Crippen LogP contribution in [0.2, 0.25) is 0 Å². The van der Waals surface area contributed by atoms with Gasteiger partial charge in [-0.2, -0.15) is 0 Å². The van der Waals surface area contributed by atoms with E-state index in [2.05, 4.69) is 29.0 Å². The second kappa shape index (κ2) is 4.92. The van der Waals surface area contributed by atoms with E-state index in [0.29, 0.717) is 18.1 Å². The molecule has 2 aliphatic rings. The van der Waals surface area contributed by atoms with E-state index in [9.17, 15) is 4.79 Å². The molecular weight excluding hydrogens is 218 g/mol. The Morgan fingerprint density at radius 2 is 2.18 bits per heavy atom. The van der Waals surface area contributed by atoms with Crippen LogP contribution in [0.4, 0.5) is 0 Å². The van der Waals surface area contributed by atoms with Gasteiger partial charge in [0.05, 0.1) is 7.11 Å². The topological polar surface area (TPSA) is 44.8 Å². The number of piperidine rings is 1. The molecule has 5 heteroatoms. The summed E-state index contributed by atoms with van der Waals surface area (Å²) in [4.78, 5) is 16.3. The molecule has 3 atom stereocenters. The molecule has 2 rings (SSSR count). The molecule has 1 N–H and O–H groups in total. The zero-order chi connectivity index (χ0) is 12.6. The van der Waals surface area contributed by atoms with Gasteiger partial charge in [0, 0.05) is 31.3 Å². The van der Waals surface area contributed by atoms with Crippen molar-refractivity contribution < 1.29 is 9.53 Å². The molecule has 98 valence electrons. The van der Waals surface area contributed by atoms with Crippen molar-refractivity contribution in [1.82, 2.24) is 15.1 Å². The fourth-order valence-corrected chi connectivity index (χ4v) is 3.00. The van der Waals surface area contributed by atoms with Gasteiger partial charge in [-0.25, -0.2) is 0 Å². The number of rotatable bonds is 2. The highest BCUT2D eigenvalue weighted by molar-refractivity contribution is 5.75. The third-order valence-electron chi connectivity index (χ3n) is 4.05. The number of nitrogens with zero attached hydrogens (tertiary/aromatic N) is 2. The predicted octanol–water partition coefficient (Wildman–Crippen LogP) is -0.128. The summed E-state index contributed by atoms with van der Waals surface area (Å²) in [5.41, 5.74) is 0. The Labute approximate surface area is 103 Å². The number of likely N-dealkylation sites (N-methyl/N-ethyl adjacent to an activating group) is 1. The summed E-state index contributed by atoms with van der Waals surface area (Å²) in [5.74, 6) is -0.115. The van der Waals surface area contributed by atoms with Crippen LogP contribution in [-0.4, -0.2) is 67.3 Å². The SMILES string of the molecule is COC(=O)[C@@H]1CC2NCN(C(C)C)C2CN1C. The zero-order valence-corrected chi connectivity index (χ0v) is 11.1. The van der Waals surface area contributed by atoms with Crippen LogP contribution in [0.1, 0.15) is 20.3 Å². The van der Waals surface area contributed by atoms with E-state index in [1.54, 1.807) is 0 Å². The van der Waals surface area contributed by atoms with Crippen molar-refractivity contribution in [1.29, 1.82) is 0 Å². The number of methoxy groups -OCH3 is 1. The molecule has 2 aliphatic heterocycles. The van der Waals surface area contributed by atoms with Gasteiger partial charge in [0.25, 0.3) is 0 Å². The summed E-state index contributed by atoms with van der Waals surface area (Å²) < 4.78 is 4.86. The molecule has 0 bridgehead atoms. The first-order valence-corrected chi connectivity index (χ1v) is 6.31. The number of hydrogen-bond acceptors (Lipinski definition) is 5. The molecule has 2 fully saturated rings. The Morgan fingerprint density at radius 3 is 2.76 bits per heavy atom. The second-order valence-electron chi connectivity index (χ2n) is 5.36. The minimum absolute atomic E-state index is 0.0964. The third kappa shape index (κ3) is 2.32. The molecule has 17 heavy (non-hydrogen) atoms. The van der Waals surface area contributed by atoms with E-state index in [4.69, 9.17) is 4.74 Å². The van der Waals surface area contributed by atoms with Crippen molar-refractivity contribution in [3.63, 3.8) is 0 Å². The van der Waals surface area contributed by atoms with Crippen molar-refractivity contribution in [2.75, 3.05) is 27.4 Å². The Hall–Kier alpha value is -0.650. The normalized spacial score (nSPS) is 35.0. The molecule has 0 radical (unpaired) electrons. The number of carbonyl (C=O) groups excluding carboxylic acids is 1. The van der Waals surface area contributed by atoms with Gasteiger partial charge in [-0.1, -0.05) is 0 Å². The molecule has 2 saturated heterocycles. The van der Waals surface area contributed by atoms with Gasteiger partial charge in [-0.15, -0.1) is 0 Å². The molecule has 0 aromatic rings. The summed E-state index contributed by atoms with van der Waals surface area (Å²) in [6.45, 7) is 6.29. The van der Waals surface area contributed by atoms with Gasteiger partial charge in [0.2, 0.25) is 0 Å². The van der Waals surface area contributed by atoms with E-state index in [1.165, 1.54) is 7.11 Å². The van der Waals surface area contributed by atoms with Gasteiger partial charge < -0.3 is 4.74 Å². The highest BCUT2D eigenvalue weighted by Crippen LogP contribution is 2.26. The van der Waals surface area contributed by atoms with E-state index in [1.807, 2.05) is 7.05 Å². The molecule has 0 amide bonds. The van der Waals surface area contributed by atoms with Gasteiger partial charge in [-0.05, 0) is 27.3 Å². The first-order valence-electron chi connectivity index (χ1n) is 6.31. The minimum atomic E-state index is -0.115. The fraction of sp³-hybridized carbons (Fsp3) is 0.917. The average Bonchev–Trinajstić information content (AvgIpc) is 2.69. The number of nitrogens with one attached hydrogen (secondary N) is 1. The largest absolute Gasteiger partial charge is 0.468 e. The number of esters is 1. The van der Waals surface area contributed by atoms with Crippen molar-refractivity contribution >= 4 is 5.97 Å². The Bertz CT molecular complexity index is 295. The number of likely N-dealkylation sites (tertiary alicyclic amines) is 1. The Morgan fingerprint density at radius 1 is 1.47 bits per heavy atom. The number of fused-ring (bicyclic) bond motifs is 1. The van der Waals surface area contributed by atoms with Gasteiger partial charge in [0.1, 0.15) is 6.04 Å². The Balaban J connectivity index is 2.05. The zero-order valence-electron chi connectivity index (χ0n) is 11.1. The standard InChI is InChI=1S/C12H23N3O2/c1-8(2)15-7-13-9-5-10(12(16)17-4)14(3)6-11(9)15/h8-11,13H,5-7H2,1-4H3/t9?,10-,11?/m0/s1. The highest BCUT2D eigenvalue weighted by Gasteiger charge is 2.44. The number of ether oxygens (including phenoxy) is 1. The van der Waals surface area contributed by atoms with Crippen molar-refractivity contribution in [3.8, 4) is 0 Å². The lowest BCUT2D eigenvalue weighted by atomic mass is 9.93. The average molecular weight is 241 g/mol. The second-order valence-corrected chi connectivity index (χ2v) is 5.36. The van der Waals surface area contributed by atoms with Crippen LogP contribution in [0.25, 0.3) is 0 Å². The molecule has 2 heterocycles. The molecule has 2 unspecified atom stereocenters. The number of hydrogen-bond donors (Lipinski definition) is 1. The smallest absolute Gasteiger partial charge is 0.323 e. The van der Waals surface area contributed by atoms with Crippen LogP contribution in [0.3, 0.4) is 0 Å². The summed E-state index contributed by atoms with van der Waals surface area (Å²) in [6.07, 6.45) is 0.844. The lowest BCUT2D eigenvalue weighted by Crippen LogP contribution is -2.57. The fourth-order valence-electron chi connectivity index (χ4n) is 3.00. The summed E-state index contributed by atoms with van der Waals surface area (Å²) in [5, 5.41) is 3.51. The van der Waals surface area contributed by atoms with Gasteiger partial charge >= 0.3 is 5.97 Å². The van der Waals surface area contributed by atoms with Crippen molar-refractivity contribution in [2.24, 2.45) is 0 Å². The first-order chi connectivity index (χ1) is 8.04. The summed E-state index contributed by atoms with van der Waals surface area (Å²) >= 11 is 0. The Kier molecular flexibility index (Phi) is 3.70. The lowest BCUT2D eigenvalue weighted by molar-refractivity contribution is -0.148. The molecule has 0 aromatic carbocycles. The molecule has 0 spiro atoms. The maximum atomic E-state index is 11.7. The van der Waals surface area contributed by atoms with E-state index < -0.39 is 0 Å². The summed E-state index contributed by atoms with van der Waals surface area (Å²) in [6, 6.07) is 1.38. The van der Waals surface area contributed by atoms with E-state index in [-0.39, 0.29) is 12.0 Å². The van der Waals surface area contributed by atoms with Crippen LogP contribution in [0.15, 0.2) is 0 Å². The summed E-state index contributed by atoms with van der Waals surface area (Å²) in [7, 11) is 3.47. The van der Waals surface area contributed by atoms with Gasteiger partial charge in [-0.3, -0.25) is 19.9 Å². The van der Waals surface area contributed by atoms with E-state index >= 15 is 0 Å². The quantitative estimate of drug-likeness (QED) is 0.682. The molecular formula is C12H23N3O2. The molecule has 0 saturated carbocycles. The van der Waals surface area contributed by atoms with Crippen LogP contribution >= 0.6 is 0 Å². The van der Waals surface area contributed by atoms with E-state index in [0.717, 1.165) is 19.6 Å². The molecule has 0 aromatic heterocycles. The maximum absolute atomic E-state index is 11.7. The molecule has 5 nitrogen and oxygen atoms in total. The first kappa shape index (κ1) is 12.8. The van der Waals surface area contributed by atoms with Crippen LogP contribution < -0.4 is 5.32 Å². The maximum Gasteiger partial charge on any atom is 0.323 e. The van der Waals surface area contributed by atoms with Crippen molar-refractivity contribution in [3.05, 3.63) is 0 Å². The van der Waals surface area contributed by atoms with Gasteiger partial charge in [0.15, 0.2) is 0 Å². The highest BCUT2D eigenvalue weighted by atomic mass is 16.5. The monoisotopic (exact) mass is 241 g/mol. The van der Waals surface area contributed by atoms with Crippen molar-refractivity contribution in [2.45, 2.75) is 44.4 Å².